The molecule has 3 unspecified atom stereocenters. The van der Waals surface area contributed by atoms with Gasteiger partial charge in [-0.15, -0.1) is 0 Å². The number of methoxy groups -OCH3 is 1. The van der Waals surface area contributed by atoms with Crippen LogP contribution in [0.3, 0.4) is 0 Å². The zero-order chi connectivity index (χ0) is 16.9. The van der Waals surface area contributed by atoms with Crippen molar-refractivity contribution >= 4 is 5.82 Å². The molecule has 1 aliphatic rings. The monoisotopic (exact) mass is 333 g/mol. The first kappa shape index (κ1) is 16.6. The van der Waals surface area contributed by atoms with E-state index in [2.05, 4.69) is 4.98 Å². The highest BCUT2D eigenvalue weighted by Crippen LogP contribution is 2.24. The Kier molecular flexibility index (Phi) is 5.21. The minimum absolute atomic E-state index is 0.160. The van der Waals surface area contributed by atoms with Crippen molar-refractivity contribution in [2.24, 2.45) is 0 Å². The Labute approximate surface area is 138 Å². The first-order valence-corrected chi connectivity index (χ1v) is 7.47. The zero-order valence-electron chi connectivity index (χ0n) is 13.2. The molecule has 1 aromatic heterocycles. The van der Waals surface area contributed by atoms with Crippen LogP contribution < -0.4 is 11.4 Å². The molecule has 2 heterocycles. The van der Waals surface area contributed by atoms with E-state index in [1.165, 1.54) is 23.9 Å². The fraction of sp³-hybridized carbons (Fsp3) is 0.375. The van der Waals surface area contributed by atoms with Crippen LogP contribution in [0.4, 0.5) is 5.82 Å². The van der Waals surface area contributed by atoms with Gasteiger partial charge < -0.3 is 24.7 Å². The van der Waals surface area contributed by atoms with Gasteiger partial charge >= 0.3 is 5.69 Å². The van der Waals surface area contributed by atoms with Crippen LogP contribution in [0.25, 0.3) is 0 Å². The fourth-order valence-corrected chi connectivity index (χ4v) is 2.35. The molecule has 0 saturated carbocycles. The number of ether oxygens (including phenoxy) is 4. The molecule has 24 heavy (non-hydrogen) atoms. The standard InChI is InChI=1S/C16H19N3O5/c1-21-14(22-9-11-5-3-2-4-6-11)15-23-10-13(24-15)19-8-7-12(17)18-16(19)20/h2-8,13-15H,9-10H2,1H3,(H2,17,18,20). The molecule has 3 atom stereocenters. The number of hydrogen-bond donors (Lipinski definition) is 1. The lowest BCUT2D eigenvalue weighted by molar-refractivity contribution is -0.253. The lowest BCUT2D eigenvalue weighted by Gasteiger charge is -2.21. The second kappa shape index (κ2) is 7.54. The van der Waals surface area contributed by atoms with Gasteiger partial charge in [-0.25, -0.2) is 4.79 Å². The number of aromatic nitrogens is 2. The fourth-order valence-electron chi connectivity index (χ4n) is 2.35. The predicted molar refractivity (Wildman–Crippen MR) is 84.8 cm³/mol. The third kappa shape index (κ3) is 3.80. The molecule has 2 N–H and O–H groups in total. The van der Waals surface area contributed by atoms with Crippen LogP contribution in [0.15, 0.2) is 47.4 Å². The van der Waals surface area contributed by atoms with E-state index in [-0.39, 0.29) is 12.4 Å². The number of anilines is 1. The first-order valence-electron chi connectivity index (χ1n) is 7.47. The molecule has 3 rings (SSSR count). The van der Waals surface area contributed by atoms with Gasteiger partial charge in [-0.1, -0.05) is 30.3 Å². The van der Waals surface area contributed by atoms with Gasteiger partial charge in [0.15, 0.2) is 6.23 Å². The Hall–Kier alpha value is -2.26. The van der Waals surface area contributed by atoms with Crippen molar-refractivity contribution in [2.45, 2.75) is 25.4 Å². The highest BCUT2D eigenvalue weighted by molar-refractivity contribution is 5.23. The first-order chi connectivity index (χ1) is 11.7. The summed E-state index contributed by atoms with van der Waals surface area (Å²) in [5, 5.41) is 0. The van der Waals surface area contributed by atoms with Crippen LogP contribution in [-0.4, -0.2) is 35.8 Å². The molecule has 1 saturated heterocycles. The average Bonchev–Trinajstić information content (AvgIpc) is 3.06. The number of nitrogens with two attached hydrogens (primary N) is 1. The molecular formula is C16H19N3O5. The summed E-state index contributed by atoms with van der Waals surface area (Å²) in [6.45, 7) is 0.543. The van der Waals surface area contributed by atoms with E-state index in [0.717, 1.165) is 5.56 Å². The van der Waals surface area contributed by atoms with Crippen molar-refractivity contribution in [3.63, 3.8) is 0 Å². The van der Waals surface area contributed by atoms with E-state index < -0.39 is 24.5 Å². The van der Waals surface area contributed by atoms with Crippen molar-refractivity contribution in [3.8, 4) is 0 Å². The van der Waals surface area contributed by atoms with Gasteiger partial charge in [0.25, 0.3) is 0 Å². The summed E-state index contributed by atoms with van der Waals surface area (Å²) in [5.74, 6) is 0.160. The van der Waals surface area contributed by atoms with Gasteiger partial charge in [0, 0.05) is 13.3 Å². The highest BCUT2D eigenvalue weighted by Gasteiger charge is 2.35. The smallest absolute Gasteiger partial charge is 0.351 e. The molecule has 1 aliphatic heterocycles. The Morgan fingerprint density at radius 2 is 2.17 bits per heavy atom. The second-order valence-corrected chi connectivity index (χ2v) is 5.24. The largest absolute Gasteiger partial charge is 0.383 e. The second-order valence-electron chi connectivity index (χ2n) is 5.24. The Balaban J connectivity index is 1.61. The molecular weight excluding hydrogens is 314 g/mol. The molecule has 1 aromatic carbocycles. The molecule has 0 amide bonds. The maximum absolute atomic E-state index is 11.9. The summed E-state index contributed by atoms with van der Waals surface area (Å²) in [4.78, 5) is 15.5. The molecule has 0 aliphatic carbocycles. The zero-order valence-corrected chi connectivity index (χ0v) is 13.2. The normalized spacial score (nSPS) is 21.7. The lowest BCUT2D eigenvalue weighted by Crippen LogP contribution is -2.33. The summed E-state index contributed by atoms with van der Waals surface area (Å²) in [6, 6.07) is 11.2. The minimum Gasteiger partial charge on any atom is -0.383 e. The summed E-state index contributed by atoms with van der Waals surface area (Å²) < 4.78 is 23.6. The van der Waals surface area contributed by atoms with E-state index in [1.54, 1.807) is 0 Å². The van der Waals surface area contributed by atoms with Crippen molar-refractivity contribution in [1.82, 2.24) is 9.55 Å². The average molecular weight is 333 g/mol. The van der Waals surface area contributed by atoms with Gasteiger partial charge in [0.2, 0.25) is 12.6 Å². The molecule has 0 radical (unpaired) electrons. The molecule has 2 aromatic rings. The summed E-state index contributed by atoms with van der Waals surface area (Å²) in [7, 11) is 1.51. The summed E-state index contributed by atoms with van der Waals surface area (Å²) in [5.41, 5.74) is 5.99. The van der Waals surface area contributed by atoms with Crippen LogP contribution in [0.1, 0.15) is 11.8 Å². The van der Waals surface area contributed by atoms with Gasteiger partial charge in [0.05, 0.1) is 13.2 Å². The number of nitrogens with zero attached hydrogens (tertiary/aromatic N) is 2. The van der Waals surface area contributed by atoms with E-state index in [1.807, 2.05) is 30.3 Å². The lowest BCUT2D eigenvalue weighted by atomic mass is 10.2. The van der Waals surface area contributed by atoms with E-state index in [0.29, 0.717) is 6.61 Å². The van der Waals surface area contributed by atoms with Gasteiger partial charge in [0.1, 0.15) is 5.82 Å². The van der Waals surface area contributed by atoms with Crippen LogP contribution in [0.2, 0.25) is 0 Å². The van der Waals surface area contributed by atoms with Crippen LogP contribution in [0, 0.1) is 0 Å². The van der Waals surface area contributed by atoms with Gasteiger partial charge in [-0.05, 0) is 11.6 Å². The van der Waals surface area contributed by atoms with Crippen LogP contribution >= 0.6 is 0 Å². The Morgan fingerprint density at radius 1 is 1.38 bits per heavy atom. The van der Waals surface area contributed by atoms with Crippen molar-refractivity contribution in [3.05, 3.63) is 58.6 Å². The van der Waals surface area contributed by atoms with Gasteiger partial charge in [-0.2, -0.15) is 4.98 Å². The number of hydrogen-bond acceptors (Lipinski definition) is 7. The Morgan fingerprint density at radius 3 is 2.88 bits per heavy atom. The van der Waals surface area contributed by atoms with E-state index in [9.17, 15) is 4.79 Å². The van der Waals surface area contributed by atoms with E-state index in [4.69, 9.17) is 24.7 Å². The van der Waals surface area contributed by atoms with Crippen molar-refractivity contribution in [1.29, 1.82) is 0 Å². The third-order valence-electron chi connectivity index (χ3n) is 3.57. The molecule has 128 valence electrons. The van der Waals surface area contributed by atoms with Gasteiger partial charge in [-0.3, -0.25) is 4.57 Å². The Bertz CT molecular complexity index is 721. The topological polar surface area (TPSA) is 97.8 Å². The van der Waals surface area contributed by atoms with Crippen LogP contribution in [0.5, 0.6) is 0 Å². The highest BCUT2D eigenvalue weighted by atomic mass is 16.8. The number of benzene rings is 1. The molecule has 8 nitrogen and oxygen atoms in total. The van der Waals surface area contributed by atoms with Crippen LogP contribution in [-0.2, 0) is 25.6 Å². The molecule has 1 fully saturated rings. The SMILES string of the molecule is COC(OCc1ccccc1)C1OCC(n2ccc(N)nc2=O)O1. The molecule has 0 spiro atoms. The maximum Gasteiger partial charge on any atom is 0.351 e. The number of nitrogen functional groups attached to an aromatic ring is 1. The molecule has 8 heteroatoms. The van der Waals surface area contributed by atoms with Crippen molar-refractivity contribution < 1.29 is 18.9 Å². The maximum atomic E-state index is 11.9. The number of rotatable bonds is 6. The summed E-state index contributed by atoms with van der Waals surface area (Å²) in [6.07, 6.45) is -0.539. The third-order valence-corrected chi connectivity index (χ3v) is 3.57. The minimum atomic E-state index is -0.742. The van der Waals surface area contributed by atoms with E-state index >= 15 is 0 Å². The molecule has 0 bridgehead atoms. The predicted octanol–water partition coefficient (Wildman–Crippen LogP) is 0.886. The quantitative estimate of drug-likeness (QED) is 0.784. The summed E-state index contributed by atoms with van der Waals surface area (Å²) >= 11 is 0. The van der Waals surface area contributed by atoms with Crippen molar-refractivity contribution in [2.75, 3.05) is 19.5 Å².